The van der Waals surface area contributed by atoms with Crippen molar-refractivity contribution >= 4 is 5.96 Å². The summed E-state index contributed by atoms with van der Waals surface area (Å²) in [5.74, 6) is 0.954. The molecule has 4 heteroatoms. The summed E-state index contributed by atoms with van der Waals surface area (Å²) < 4.78 is 0. The maximum Gasteiger partial charge on any atom is 0.191 e. The van der Waals surface area contributed by atoms with Gasteiger partial charge in [0.1, 0.15) is 0 Å². The van der Waals surface area contributed by atoms with Gasteiger partial charge >= 0.3 is 0 Å². The Morgan fingerprint density at radius 3 is 2.61 bits per heavy atom. The van der Waals surface area contributed by atoms with Crippen LogP contribution in [0.3, 0.4) is 0 Å². The minimum atomic E-state index is 0.535. The van der Waals surface area contributed by atoms with Gasteiger partial charge in [0.15, 0.2) is 5.96 Å². The summed E-state index contributed by atoms with van der Waals surface area (Å²) in [5, 5.41) is 6.99. The normalized spacial score (nSPS) is 17.5. The van der Waals surface area contributed by atoms with Gasteiger partial charge in [-0.3, -0.25) is 9.89 Å². The molecule has 1 aromatic carbocycles. The lowest BCUT2D eigenvalue weighted by Crippen LogP contribution is -2.43. The monoisotopic (exact) mass is 316 g/mol. The molecule has 0 spiro atoms. The summed E-state index contributed by atoms with van der Waals surface area (Å²) in [5.41, 5.74) is 1.37. The van der Waals surface area contributed by atoms with Crippen molar-refractivity contribution in [3.05, 3.63) is 35.9 Å². The lowest BCUT2D eigenvalue weighted by molar-refractivity contribution is 0.238. The van der Waals surface area contributed by atoms with Crippen LogP contribution in [-0.4, -0.2) is 43.6 Å². The van der Waals surface area contributed by atoms with Gasteiger partial charge in [0.2, 0.25) is 0 Å². The van der Waals surface area contributed by atoms with Gasteiger partial charge in [0.25, 0.3) is 0 Å². The van der Waals surface area contributed by atoms with Crippen LogP contribution in [0.25, 0.3) is 0 Å². The molecular formula is C19H32N4. The van der Waals surface area contributed by atoms with Crippen LogP contribution >= 0.6 is 0 Å². The van der Waals surface area contributed by atoms with Crippen LogP contribution < -0.4 is 10.6 Å². The van der Waals surface area contributed by atoms with Gasteiger partial charge in [-0.1, -0.05) is 43.2 Å². The first-order chi connectivity index (χ1) is 11.2. The van der Waals surface area contributed by atoms with Crippen LogP contribution in [0.4, 0.5) is 0 Å². The maximum absolute atomic E-state index is 4.34. The molecule has 0 radical (unpaired) electrons. The number of hydrogen-bond acceptors (Lipinski definition) is 2. The maximum atomic E-state index is 4.34. The minimum absolute atomic E-state index is 0.535. The van der Waals surface area contributed by atoms with Crippen LogP contribution in [0.15, 0.2) is 35.3 Å². The van der Waals surface area contributed by atoms with Crippen LogP contribution in [0.1, 0.15) is 44.6 Å². The highest BCUT2D eigenvalue weighted by Crippen LogP contribution is 2.17. The third-order valence-corrected chi connectivity index (χ3v) is 4.80. The predicted molar refractivity (Wildman–Crippen MR) is 98.7 cm³/mol. The predicted octanol–water partition coefficient (Wildman–Crippen LogP) is 3.00. The van der Waals surface area contributed by atoms with E-state index in [1.165, 1.54) is 31.2 Å². The lowest BCUT2D eigenvalue weighted by atomic mass is 10.1. The summed E-state index contributed by atoms with van der Waals surface area (Å²) in [6.07, 6.45) is 6.34. The fourth-order valence-electron chi connectivity index (χ4n) is 3.11. The Hall–Kier alpha value is -1.55. The average molecular weight is 316 g/mol. The fourth-order valence-corrected chi connectivity index (χ4v) is 3.11. The quantitative estimate of drug-likeness (QED) is 0.600. The zero-order chi connectivity index (χ0) is 16.5. The molecule has 4 nitrogen and oxygen atoms in total. The molecule has 1 aromatic rings. The van der Waals surface area contributed by atoms with Crippen LogP contribution in [0, 0.1) is 0 Å². The fraction of sp³-hybridized carbons (Fsp3) is 0.632. The summed E-state index contributed by atoms with van der Waals surface area (Å²) in [6.45, 7) is 4.24. The Morgan fingerprint density at radius 1 is 1.26 bits per heavy atom. The average Bonchev–Trinajstić information content (AvgIpc) is 3.07. The van der Waals surface area contributed by atoms with Gasteiger partial charge in [-0.2, -0.15) is 0 Å². The molecule has 0 heterocycles. The van der Waals surface area contributed by atoms with Crippen LogP contribution in [-0.2, 0) is 6.54 Å². The van der Waals surface area contributed by atoms with Crippen molar-refractivity contribution in [3.8, 4) is 0 Å². The number of nitrogens with zero attached hydrogens (tertiary/aromatic N) is 2. The number of rotatable bonds is 7. The van der Waals surface area contributed by atoms with E-state index in [1.807, 2.05) is 7.05 Å². The molecule has 1 saturated carbocycles. The first kappa shape index (κ1) is 17.8. The summed E-state index contributed by atoms with van der Waals surface area (Å²) in [7, 11) is 4.05. The smallest absolute Gasteiger partial charge is 0.191 e. The molecule has 0 saturated heterocycles. The molecule has 0 bridgehead atoms. The molecule has 1 aliphatic carbocycles. The highest BCUT2D eigenvalue weighted by atomic mass is 15.2. The van der Waals surface area contributed by atoms with Crippen molar-refractivity contribution in [2.45, 2.75) is 57.7 Å². The Kier molecular flexibility index (Phi) is 7.40. The van der Waals surface area contributed by atoms with Gasteiger partial charge < -0.3 is 10.6 Å². The second-order valence-corrected chi connectivity index (χ2v) is 6.66. The molecule has 0 aliphatic heterocycles. The first-order valence-electron chi connectivity index (χ1n) is 8.90. The lowest BCUT2D eigenvalue weighted by Gasteiger charge is -2.25. The molecule has 2 N–H and O–H groups in total. The van der Waals surface area contributed by atoms with Gasteiger partial charge in [0.05, 0.1) is 0 Å². The highest BCUT2D eigenvalue weighted by molar-refractivity contribution is 5.79. The van der Waals surface area contributed by atoms with Crippen molar-refractivity contribution in [3.63, 3.8) is 0 Å². The zero-order valence-electron chi connectivity index (χ0n) is 14.9. The minimum Gasteiger partial charge on any atom is -0.356 e. The van der Waals surface area contributed by atoms with Gasteiger partial charge in [-0.25, -0.2) is 0 Å². The van der Waals surface area contributed by atoms with E-state index in [9.17, 15) is 0 Å². The summed E-state index contributed by atoms with van der Waals surface area (Å²) >= 11 is 0. The molecule has 2 rings (SSSR count). The van der Waals surface area contributed by atoms with E-state index in [1.54, 1.807) is 0 Å². The number of aliphatic imine (C=N–C) groups is 1. The van der Waals surface area contributed by atoms with E-state index in [4.69, 9.17) is 0 Å². The number of nitrogens with one attached hydrogen (secondary N) is 2. The first-order valence-corrected chi connectivity index (χ1v) is 8.90. The molecule has 0 aromatic heterocycles. The molecule has 1 fully saturated rings. The summed E-state index contributed by atoms with van der Waals surface area (Å²) in [6, 6.07) is 11.8. The van der Waals surface area contributed by atoms with Crippen LogP contribution in [0.2, 0.25) is 0 Å². The van der Waals surface area contributed by atoms with Crippen molar-refractivity contribution in [1.29, 1.82) is 0 Å². The standard InChI is InChI=1S/C19H32N4/c1-16(23(3)15-17-9-5-4-6-10-17)13-14-21-19(20-2)22-18-11-7-8-12-18/h4-6,9-10,16,18H,7-8,11-15H2,1-3H3,(H2,20,21,22). The van der Waals surface area contributed by atoms with E-state index in [0.29, 0.717) is 12.1 Å². The SMILES string of the molecule is CN=C(NCCC(C)N(C)Cc1ccccc1)NC1CCCC1. The molecule has 128 valence electrons. The van der Waals surface area contributed by atoms with Gasteiger partial charge in [-0.05, 0) is 38.8 Å². The van der Waals surface area contributed by atoms with E-state index in [-0.39, 0.29) is 0 Å². The third-order valence-electron chi connectivity index (χ3n) is 4.80. The van der Waals surface area contributed by atoms with Crippen molar-refractivity contribution in [2.24, 2.45) is 4.99 Å². The highest BCUT2D eigenvalue weighted by Gasteiger charge is 2.16. The molecule has 1 aliphatic rings. The van der Waals surface area contributed by atoms with E-state index >= 15 is 0 Å². The van der Waals surface area contributed by atoms with Crippen LogP contribution in [0.5, 0.6) is 0 Å². The molecule has 1 unspecified atom stereocenters. The second-order valence-electron chi connectivity index (χ2n) is 6.66. The van der Waals surface area contributed by atoms with E-state index < -0.39 is 0 Å². The number of hydrogen-bond donors (Lipinski definition) is 2. The second kappa shape index (κ2) is 9.56. The van der Waals surface area contributed by atoms with E-state index in [2.05, 4.69) is 64.8 Å². The molecule has 1 atom stereocenters. The summed E-state index contributed by atoms with van der Waals surface area (Å²) in [4.78, 5) is 6.75. The molecule has 0 amide bonds. The van der Waals surface area contributed by atoms with Crippen molar-refractivity contribution in [2.75, 3.05) is 20.6 Å². The zero-order valence-corrected chi connectivity index (χ0v) is 14.9. The van der Waals surface area contributed by atoms with Crippen molar-refractivity contribution in [1.82, 2.24) is 15.5 Å². The molecular weight excluding hydrogens is 284 g/mol. The number of guanidine groups is 1. The Morgan fingerprint density at radius 2 is 1.96 bits per heavy atom. The van der Waals surface area contributed by atoms with Gasteiger partial charge in [0, 0.05) is 32.2 Å². The topological polar surface area (TPSA) is 39.7 Å². The largest absolute Gasteiger partial charge is 0.356 e. The van der Waals surface area contributed by atoms with Gasteiger partial charge in [-0.15, -0.1) is 0 Å². The third kappa shape index (κ3) is 6.22. The van der Waals surface area contributed by atoms with E-state index in [0.717, 1.165) is 25.5 Å². The number of benzene rings is 1. The Balaban J connectivity index is 1.67. The van der Waals surface area contributed by atoms with Crippen molar-refractivity contribution < 1.29 is 0 Å². The Bertz CT molecular complexity index is 466. The molecule has 23 heavy (non-hydrogen) atoms. The Labute approximate surface area is 141 Å².